The molecule has 0 aromatic rings. The molecule has 0 saturated heterocycles. The van der Waals surface area contributed by atoms with Crippen molar-refractivity contribution in [3.8, 4) is 0 Å². The van der Waals surface area contributed by atoms with Crippen LogP contribution in [-0.4, -0.2) is 25.1 Å². The first kappa shape index (κ1) is 7.54. The fourth-order valence-corrected chi connectivity index (χ4v) is 0.875. The molecule has 1 unspecified atom stereocenters. The predicted octanol–water partition coefficient (Wildman–Crippen LogP) is 0.543. The van der Waals surface area contributed by atoms with Gasteiger partial charge in [-0.3, -0.25) is 4.99 Å². The van der Waals surface area contributed by atoms with Crippen LogP contribution in [0.25, 0.3) is 0 Å². The number of hydrogen-bond acceptors (Lipinski definition) is 3. The van der Waals surface area contributed by atoms with E-state index in [1.165, 1.54) is 0 Å². The molecule has 0 spiro atoms. The van der Waals surface area contributed by atoms with Crippen LogP contribution in [0.3, 0.4) is 0 Å². The van der Waals surface area contributed by atoms with Gasteiger partial charge in [0.25, 0.3) is 0 Å². The fourth-order valence-electron chi connectivity index (χ4n) is 0.875. The molecule has 1 aliphatic rings. The minimum atomic E-state index is 0.0142. The highest BCUT2D eigenvalue weighted by Crippen LogP contribution is 2.01. The third-order valence-corrected chi connectivity index (χ3v) is 1.58. The molecule has 1 aliphatic heterocycles. The van der Waals surface area contributed by atoms with Crippen LogP contribution < -0.4 is 5.73 Å². The third kappa shape index (κ3) is 1.70. The first-order chi connectivity index (χ1) is 4.84. The largest absolute Gasteiger partial charge is 0.480 e. The minimum Gasteiger partial charge on any atom is -0.480 e. The summed E-state index contributed by atoms with van der Waals surface area (Å²) in [5.74, 6) is 0.744. The van der Waals surface area contributed by atoms with Crippen molar-refractivity contribution in [1.82, 2.24) is 0 Å². The van der Waals surface area contributed by atoms with Gasteiger partial charge < -0.3 is 10.5 Å². The molecule has 1 atom stereocenters. The molecule has 1 rings (SSSR count). The molecule has 0 bridgehead atoms. The monoisotopic (exact) mass is 142 g/mol. The summed E-state index contributed by atoms with van der Waals surface area (Å²) in [6.45, 7) is 3.70. The number of aliphatic imine (C=N–C) groups is 1. The van der Waals surface area contributed by atoms with E-state index in [0.29, 0.717) is 0 Å². The quantitative estimate of drug-likeness (QED) is 0.611. The lowest BCUT2D eigenvalue weighted by Gasteiger charge is -2.17. The lowest BCUT2D eigenvalue weighted by Crippen LogP contribution is -2.34. The van der Waals surface area contributed by atoms with Gasteiger partial charge in [-0.15, -0.1) is 0 Å². The summed E-state index contributed by atoms with van der Waals surface area (Å²) in [6, 6.07) is 0.0142. The number of nitrogens with two attached hydrogens (primary N) is 1. The summed E-state index contributed by atoms with van der Waals surface area (Å²) in [5, 5.41) is 0. The van der Waals surface area contributed by atoms with Gasteiger partial charge in [0.15, 0.2) is 0 Å². The van der Waals surface area contributed by atoms with Gasteiger partial charge in [-0.25, -0.2) is 0 Å². The van der Waals surface area contributed by atoms with E-state index >= 15 is 0 Å². The second-order valence-corrected chi connectivity index (χ2v) is 2.44. The van der Waals surface area contributed by atoms with Gasteiger partial charge in [-0.2, -0.15) is 0 Å². The first-order valence-electron chi connectivity index (χ1n) is 3.77. The Hall–Kier alpha value is -0.570. The molecule has 3 heteroatoms. The Labute approximate surface area is 61.3 Å². The zero-order valence-electron chi connectivity index (χ0n) is 6.34. The average molecular weight is 142 g/mol. The van der Waals surface area contributed by atoms with Gasteiger partial charge in [0.05, 0.1) is 12.6 Å². The summed E-state index contributed by atoms with van der Waals surface area (Å²) in [7, 11) is 0. The zero-order chi connectivity index (χ0) is 7.40. The number of ether oxygens (including phenoxy) is 1. The molecule has 0 aromatic heterocycles. The summed E-state index contributed by atoms with van der Waals surface area (Å²) in [5.41, 5.74) is 5.69. The van der Waals surface area contributed by atoms with Crippen LogP contribution >= 0.6 is 0 Å². The van der Waals surface area contributed by atoms with Gasteiger partial charge >= 0.3 is 0 Å². The molecule has 0 radical (unpaired) electrons. The number of rotatable bonds is 2. The normalized spacial score (nSPS) is 21.2. The van der Waals surface area contributed by atoms with Gasteiger partial charge in [-0.1, -0.05) is 6.92 Å². The summed E-state index contributed by atoms with van der Waals surface area (Å²) < 4.78 is 5.26. The summed E-state index contributed by atoms with van der Waals surface area (Å²) in [6.07, 6.45) is 1.93. The standard InChI is InChI=1S/C7H14N2O/c1-2-6(8)7-9-4-3-5-10-7/h6H,2-5,8H2,1H3. The van der Waals surface area contributed by atoms with Crippen LogP contribution in [0.2, 0.25) is 0 Å². The van der Waals surface area contributed by atoms with Gasteiger partial charge in [-0.05, 0) is 6.42 Å². The maximum atomic E-state index is 5.69. The lowest BCUT2D eigenvalue weighted by molar-refractivity contribution is 0.268. The maximum Gasteiger partial charge on any atom is 0.200 e. The fraction of sp³-hybridized carbons (Fsp3) is 0.857. The van der Waals surface area contributed by atoms with E-state index in [1.54, 1.807) is 0 Å². The number of hydrogen-bond donors (Lipinski definition) is 1. The SMILES string of the molecule is CCC(N)C1=NCCCO1. The molecule has 58 valence electrons. The van der Waals surface area contributed by atoms with Crippen molar-refractivity contribution >= 4 is 5.90 Å². The molecule has 0 aromatic carbocycles. The Morgan fingerprint density at radius 3 is 3.10 bits per heavy atom. The van der Waals surface area contributed by atoms with Crippen LogP contribution in [-0.2, 0) is 4.74 Å². The van der Waals surface area contributed by atoms with Crippen LogP contribution in [0.1, 0.15) is 19.8 Å². The molecule has 1 heterocycles. The highest BCUT2D eigenvalue weighted by Gasteiger charge is 2.12. The Morgan fingerprint density at radius 2 is 2.60 bits per heavy atom. The number of nitrogens with zero attached hydrogens (tertiary/aromatic N) is 1. The Morgan fingerprint density at radius 1 is 1.80 bits per heavy atom. The Balaban J connectivity index is 2.44. The second-order valence-electron chi connectivity index (χ2n) is 2.44. The predicted molar refractivity (Wildman–Crippen MR) is 41.1 cm³/mol. The molecule has 0 saturated carbocycles. The van der Waals surface area contributed by atoms with E-state index in [-0.39, 0.29) is 6.04 Å². The van der Waals surface area contributed by atoms with Gasteiger partial charge in [0.2, 0.25) is 5.90 Å². The third-order valence-electron chi connectivity index (χ3n) is 1.58. The van der Waals surface area contributed by atoms with Crippen LogP contribution in [0.15, 0.2) is 4.99 Å². The topological polar surface area (TPSA) is 47.6 Å². The maximum absolute atomic E-state index is 5.69. The van der Waals surface area contributed by atoms with Crippen molar-refractivity contribution in [3.05, 3.63) is 0 Å². The molecule has 2 N–H and O–H groups in total. The highest BCUT2D eigenvalue weighted by molar-refractivity contribution is 5.81. The highest BCUT2D eigenvalue weighted by atomic mass is 16.5. The smallest absolute Gasteiger partial charge is 0.200 e. The van der Waals surface area contributed by atoms with Crippen molar-refractivity contribution < 1.29 is 4.74 Å². The van der Waals surface area contributed by atoms with Crippen molar-refractivity contribution in [2.24, 2.45) is 10.7 Å². The van der Waals surface area contributed by atoms with Crippen LogP contribution in [0, 0.1) is 0 Å². The second kappa shape index (κ2) is 3.56. The molecular formula is C7H14N2O. The van der Waals surface area contributed by atoms with Crippen molar-refractivity contribution in [2.75, 3.05) is 13.2 Å². The van der Waals surface area contributed by atoms with Crippen LogP contribution in [0.4, 0.5) is 0 Å². The lowest BCUT2D eigenvalue weighted by atomic mass is 10.2. The van der Waals surface area contributed by atoms with Crippen molar-refractivity contribution in [2.45, 2.75) is 25.8 Å². The molecule has 0 fully saturated rings. The molecular weight excluding hydrogens is 128 g/mol. The molecule has 10 heavy (non-hydrogen) atoms. The van der Waals surface area contributed by atoms with Crippen LogP contribution in [0.5, 0.6) is 0 Å². The Bertz CT molecular complexity index is 134. The van der Waals surface area contributed by atoms with Gasteiger partial charge in [0.1, 0.15) is 0 Å². The van der Waals surface area contributed by atoms with E-state index < -0.39 is 0 Å². The average Bonchev–Trinajstić information content (AvgIpc) is 2.05. The molecule has 0 aliphatic carbocycles. The van der Waals surface area contributed by atoms with E-state index in [0.717, 1.165) is 31.9 Å². The van der Waals surface area contributed by atoms with Crippen molar-refractivity contribution in [1.29, 1.82) is 0 Å². The zero-order valence-corrected chi connectivity index (χ0v) is 6.34. The molecule has 3 nitrogen and oxygen atoms in total. The first-order valence-corrected chi connectivity index (χ1v) is 3.77. The minimum absolute atomic E-state index is 0.0142. The van der Waals surface area contributed by atoms with E-state index in [1.807, 2.05) is 6.92 Å². The van der Waals surface area contributed by atoms with Crippen molar-refractivity contribution in [3.63, 3.8) is 0 Å². The van der Waals surface area contributed by atoms with E-state index in [2.05, 4.69) is 4.99 Å². The van der Waals surface area contributed by atoms with Gasteiger partial charge in [0, 0.05) is 13.0 Å². The summed E-state index contributed by atoms with van der Waals surface area (Å²) in [4.78, 5) is 4.17. The Kier molecular flexibility index (Phi) is 2.68. The molecule has 0 amide bonds. The summed E-state index contributed by atoms with van der Waals surface area (Å²) >= 11 is 0. The van der Waals surface area contributed by atoms with E-state index in [4.69, 9.17) is 10.5 Å². The van der Waals surface area contributed by atoms with E-state index in [9.17, 15) is 0 Å².